The van der Waals surface area contributed by atoms with Crippen molar-refractivity contribution in [3.8, 4) is 0 Å². The second-order valence-electron chi connectivity index (χ2n) is 3.98. The van der Waals surface area contributed by atoms with Crippen molar-refractivity contribution >= 4 is 46.3 Å². The quantitative estimate of drug-likeness (QED) is 0.597. The highest BCUT2D eigenvalue weighted by atomic mass is 35.5. The Morgan fingerprint density at radius 3 is 2.30 bits per heavy atom. The number of halogens is 3. The summed E-state index contributed by atoms with van der Waals surface area (Å²) in [6.07, 6.45) is 2.99. The lowest BCUT2D eigenvalue weighted by molar-refractivity contribution is 0.104. The number of carbonyl (C=O) groups is 1. The standard InChI is InChI=1S/C15H10Cl3NO/c16-11-2-4-12(5-3-11)19-8-7-15(20)10-1-6-13(17)14(18)9-10/h1-9,19H/b8-7-. The van der Waals surface area contributed by atoms with Crippen molar-refractivity contribution < 1.29 is 4.79 Å². The van der Waals surface area contributed by atoms with E-state index in [4.69, 9.17) is 34.8 Å². The molecule has 0 unspecified atom stereocenters. The van der Waals surface area contributed by atoms with Crippen LogP contribution in [-0.4, -0.2) is 5.78 Å². The predicted molar refractivity (Wildman–Crippen MR) is 85.0 cm³/mol. The number of ketones is 1. The Labute approximate surface area is 132 Å². The Bertz CT molecular complexity index is 651. The highest BCUT2D eigenvalue weighted by Gasteiger charge is 2.04. The fraction of sp³-hybridized carbons (Fsp3) is 0. The van der Waals surface area contributed by atoms with Crippen LogP contribution in [0.5, 0.6) is 0 Å². The lowest BCUT2D eigenvalue weighted by Crippen LogP contribution is -1.96. The third kappa shape index (κ3) is 4.01. The number of anilines is 1. The van der Waals surface area contributed by atoms with Crippen LogP contribution in [0.1, 0.15) is 10.4 Å². The average molecular weight is 327 g/mol. The first kappa shape index (κ1) is 14.9. The maximum atomic E-state index is 11.9. The third-order valence-electron chi connectivity index (χ3n) is 2.53. The van der Waals surface area contributed by atoms with Gasteiger partial charge in [0, 0.05) is 28.5 Å². The molecule has 0 saturated carbocycles. The molecule has 0 saturated heterocycles. The summed E-state index contributed by atoms with van der Waals surface area (Å²) in [6.45, 7) is 0. The van der Waals surface area contributed by atoms with E-state index >= 15 is 0 Å². The monoisotopic (exact) mass is 325 g/mol. The van der Waals surface area contributed by atoms with Gasteiger partial charge in [0.25, 0.3) is 0 Å². The summed E-state index contributed by atoms with van der Waals surface area (Å²) in [5.74, 6) is -0.162. The number of benzene rings is 2. The molecule has 2 aromatic rings. The molecule has 0 amide bonds. The van der Waals surface area contributed by atoms with E-state index in [9.17, 15) is 4.79 Å². The van der Waals surface area contributed by atoms with Crippen LogP contribution < -0.4 is 5.32 Å². The van der Waals surface area contributed by atoms with Crippen molar-refractivity contribution in [3.05, 3.63) is 75.4 Å². The zero-order valence-corrected chi connectivity index (χ0v) is 12.5. The van der Waals surface area contributed by atoms with Crippen LogP contribution in [0.2, 0.25) is 15.1 Å². The molecule has 0 spiro atoms. The van der Waals surface area contributed by atoms with E-state index in [0.29, 0.717) is 20.6 Å². The van der Waals surface area contributed by atoms with Gasteiger partial charge in [0.15, 0.2) is 5.78 Å². The van der Waals surface area contributed by atoms with E-state index in [0.717, 1.165) is 5.69 Å². The molecule has 0 fully saturated rings. The van der Waals surface area contributed by atoms with E-state index in [1.54, 1.807) is 36.5 Å². The first-order chi connectivity index (χ1) is 9.56. The first-order valence-electron chi connectivity index (χ1n) is 5.74. The van der Waals surface area contributed by atoms with Gasteiger partial charge in [-0.25, -0.2) is 0 Å². The average Bonchev–Trinajstić information content (AvgIpc) is 2.44. The van der Waals surface area contributed by atoms with E-state index < -0.39 is 0 Å². The Hall–Kier alpha value is -1.48. The Balaban J connectivity index is 2.01. The summed E-state index contributed by atoms with van der Waals surface area (Å²) in [4.78, 5) is 11.9. The highest BCUT2D eigenvalue weighted by molar-refractivity contribution is 6.42. The topological polar surface area (TPSA) is 29.1 Å². The summed E-state index contributed by atoms with van der Waals surface area (Å²) in [5, 5.41) is 4.42. The normalized spacial score (nSPS) is 10.8. The number of hydrogen-bond donors (Lipinski definition) is 1. The fourth-order valence-electron chi connectivity index (χ4n) is 1.51. The van der Waals surface area contributed by atoms with Crippen LogP contribution >= 0.6 is 34.8 Å². The number of carbonyl (C=O) groups excluding carboxylic acids is 1. The molecule has 0 bridgehead atoms. The van der Waals surface area contributed by atoms with Gasteiger partial charge in [-0.2, -0.15) is 0 Å². The molecule has 0 heterocycles. The van der Waals surface area contributed by atoms with Gasteiger partial charge in [-0.15, -0.1) is 0 Å². The van der Waals surface area contributed by atoms with Gasteiger partial charge in [0.05, 0.1) is 10.0 Å². The molecule has 1 N–H and O–H groups in total. The van der Waals surface area contributed by atoms with Crippen molar-refractivity contribution in [2.24, 2.45) is 0 Å². The lowest BCUT2D eigenvalue weighted by atomic mass is 10.1. The van der Waals surface area contributed by atoms with E-state index in [1.807, 2.05) is 12.1 Å². The Kier molecular flexibility index (Phi) is 5.07. The zero-order valence-electron chi connectivity index (χ0n) is 10.2. The number of hydrogen-bond acceptors (Lipinski definition) is 2. The predicted octanol–water partition coefficient (Wildman–Crippen LogP) is 5.46. The van der Waals surface area contributed by atoms with Crippen LogP contribution in [-0.2, 0) is 0 Å². The third-order valence-corrected chi connectivity index (χ3v) is 3.52. The van der Waals surface area contributed by atoms with Crippen molar-refractivity contribution in [1.29, 1.82) is 0 Å². The SMILES string of the molecule is O=C(/C=C\Nc1ccc(Cl)cc1)c1ccc(Cl)c(Cl)c1. The zero-order chi connectivity index (χ0) is 14.5. The molecule has 0 aliphatic heterocycles. The second-order valence-corrected chi connectivity index (χ2v) is 5.23. The Morgan fingerprint density at radius 1 is 0.950 bits per heavy atom. The molecule has 2 rings (SSSR count). The van der Waals surface area contributed by atoms with E-state index in [1.165, 1.54) is 6.08 Å². The lowest BCUT2D eigenvalue weighted by Gasteiger charge is -2.01. The van der Waals surface area contributed by atoms with Crippen molar-refractivity contribution in [1.82, 2.24) is 0 Å². The molecule has 0 atom stereocenters. The van der Waals surface area contributed by atoms with E-state index in [2.05, 4.69) is 5.32 Å². The maximum Gasteiger partial charge on any atom is 0.187 e. The summed E-state index contributed by atoms with van der Waals surface area (Å²) >= 11 is 17.4. The minimum absolute atomic E-state index is 0.162. The van der Waals surface area contributed by atoms with Crippen LogP contribution in [0.25, 0.3) is 0 Å². The van der Waals surface area contributed by atoms with Crippen molar-refractivity contribution in [3.63, 3.8) is 0 Å². The van der Waals surface area contributed by atoms with Gasteiger partial charge in [-0.3, -0.25) is 4.79 Å². The van der Waals surface area contributed by atoms with Crippen molar-refractivity contribution in [2.45, 2.75) is 0 Å². The Morgan fingerprint density at radius 2 is 1.65 bits per heavy atom. The van der Waals surface area contributed by atoms with E-state index in [-0.39, 0.29) is 5.78 Å². The summed E-state index contributed by atoms with van der Waals surface area (Å²) in [6, 6.07) is 11.9. The molecule has 102 valence electrons. The van der Waals surface area contributed by atoms with Crippen LogP contribution in [0.4, 0.5) is 5.69 Å². The van der Waals surface area contributed by atoms with Gasteiger partial charge in [-0.05, 0) is 42.5 Å². The minimum Gasteiger partial charge on any atom is -0.362 e. The van der Waals surface area contributed by atoms with Gasteiger partial charge < -0.3 is 5.32 Å². The smallest absolute Gasteiger partial charge is 0.187 e. The largest absolute Gasteiger partial charge is 0.362 e. The van der Waals surface area contributed by atoms with Gasteiger partial charge in [-0.1, -0.05) is 34.8 Å². The van der Waals surface area contributed by atoms with Crippen LogP contribution in [0, 0.1) is 0 Å². The first-order valence-corrected chi connectivity index (χ1v) is 6.88. The minimum atomic E-state index is -0.162. The summed E-state index contributed by atoms with van der Waals surface area (Å²) < 4.78 is 0. The highest BCUT2D eigenvalue weighted by Crippen LogP contribution is 2.23. The molecule has 2 nitrogen and oxygen atoms in total. The fourth-order valence-corrected chi connectivity index (χ4v) is 1.93. The van der Waals surface area contributed by atoms with Crippen molar-refractivity contribution in [2.75, 3.05) is 5.32 Å². The second kappa shape index (κ2) is 6.80. The molecular weight excluding hydrogens is 317 g/mol. The summed E-state index contributed by atoms with van der Waals surface area (Å²) in [7, 11) is 0. The van der Waals surface area contributed by atoms with Crippen LogP contribution in [0.3, 0.4) is 0 Å². The molecule has 20 heavy (non-hydrogen) atoms. The molecule has 2 aromatic carbocycles. The molecular formula is C15H10Cl3NO. The molecule has 5 heteroatoms. The molecule has 0 radical (unpaired) electrons. The van der Waals surface area contributed by atoms with Gasteiger partial charge in [0.1, 0.15) is 0 Å². The molecule has 0 aromatic heterocycles. The number of rotatable bonds is 4. The number of allylic oxidation sites excluding steroid dienone is 1. The molecule has 0 aliphatic rings. The maximum absolute atomic E-state index is 11.9. The summed E-state index contributed by atoms with van der Waals surface area (Å²) in [5.41, 5.74) is 1.32. The molecule has 0 aliphatic carbocycles. The van der Waals surface area contributed by atoms with Crippen LogP contribution in [0.15, 0.2) is 54.7 Å². The number of nitrogens with one attached hydrogen (secondary N) is 1. The van der Waals surface area contributed by atoms with Gasteiger partial charge in [0.2, 0.25) is 0 Å². The van der Waals surface area contributed by atoms with Gasteiger partial charge >= 0.3 is 0 Å².